The second-order valence-electron chi connectivity index (χ2n) is 6.57. The number of anilines is 1. The lowest BCUT2D eigenvalue weighted by atomic mass is 10.0. The van der Waals surface area contributed by atoms with Crippen molar-refractivity contribution in [1.29, 1.82) is 0 Å². The predicted molar refractivity (Wildman–Crippen MR) is 100 cm³/mol. The summed E-state index contributed by atoms with van der Waals surface area (Å²) in [5.41, 5.74) is 0.782. The molecule has 1 atom stereocenters. The second kappa shape index (κ2) is 7.86. The number of nitrogens with one attached hydrogen (secondary N) is 2. The van der Waals surface area contributed by atoms with Gasteiger partial charge >= 0.3 is 0 Å². The third-order valence-electron chi connectivity index (χ3n) is 4.24. The third-order valence-corrected chi connectivity index (χ3v) is 5.60. The van der Waals surface area contributed by atoms with Gasteiger partial charge in [0.15, 0.2) is 0 Å². The largest absolute Gasteiger partial charge is 0.349 e. The topological polar surface area (TPSA) is 75.3 Å². The molecule has 0 fully saturated rings. The van der Waals surface area contributed by atoms with Gasteiger partial charge in [-0.1, -0.05) is 32.0 Å². The van der Waals surface area contributed by atoms with Gasteiger partial charge < -0.3 is 5.32 Å². The molecular formula is C19H23FN2O3S. The van der Waals surface area contributed by atoms with Gasteiger partial charge in [-0.2, -0.15) is 0 Å². The van der Waals surface area contributed by atoms with Crippen LogP contribution in [-0.4, -0.2) is 20.4 Å². The van der Waals surface area contributed by atoms with Crippen LogP contribution in [0.4, 0.5) is 10.1 Å². The molecule has 1 amide bonds. The summed E-state index contributed by atoms with van der Waals surface area (Å²) in [6.07, 6.45) is 0. The minimum absolute atomic E-state index is 0.0568. The van der Waals surface area contributed by atoms with Crippen LogP contribution in [0.25, 0.3) is 0 Å². The summed E-state index contributed by atoms with van der Waals surface area (Å²) < 4.78 is 41.1. The molecule has 2 aromatic carbocycles. The van der Waals surface area contributed by atoms with E-state index >= 15 is 0 Å². The lowest BCUT2D eigenvalue weighted by molar-refractivity contribution is 0.0929. The van der Waals surface area contributed by atoms with Crippen molar-refractivity contribution < 1.29 is 17.6 Å². The van der Waals surface area contributed by atoms with Crippen molar-refractivity contribution in [3.05, 3.63) is 59.4 Å². The molecule has 0 aliphatic carbocycles. The molecule has 0 radical (unpaired) electrons. The second-order valence-corrected chi connectivity index (χ2v) is 8.25. The number of hydrogen-bond acceptors (Lipinski definition) is 3. The first-order valence-corrected chi connectivity index (χ1v) is 9.79. The molecule has 2 aromatic rings. The first-order chi connectivity index (χ1) is 12.1. The van der Waals surface area contributed by atoms with Gasteiger partial charge in [0.05, 0.1) is 10.6 Å². The van der Waals surface area contributed by atoms with Gasteiger partial charge in [-0.15, -0.1) is 0 Å². The zero-order valence-electron chi connectivity index (χ0n) is 15.2. The minimum Gasteiger partial charge on any atom is -0.349 e. The lowest BCUT2D eigenvalue weighted by Crippen LogP contribution is -2.36. The molecule has 26 heavy (non-hydrogen) atoms. The van der Waals surface area contributed by atoms with E-state index in [0.29, 0.717) is 5.56 Å². The van der Waals surface area contributed by atoms with Gasteiger partial charge in [0, 0.05) is 11.6 Å². The van der Waals surface area contributed by atoms with Crippen LogP contribution in [0.3, 0.4) is 0 Å². The van der Waals surface area contributed by atoms with Crippen LogP contribution in [0.1, 0.15) is 36.7 Å². The van der Waals surface area contributed by atoms with Crippen molar-refractivity contribution in [1.82, 2.24) is 5.32 Å². The summed E-state index contributed by atoms with van der Waals surface area (Å²) in [5, 5.41) is 2.86. The highest BCUT2D eigenvalue weighted by Crippen LogP contribution is 2.21. The maximum Gasteiger partial charge on any atom is 0.262 e. The highest BCUT2D eigenvalue weighted by molar-refractivity contribution is 7.92. The van der Waals surface area contributed by atoms with Crippen molar-refractivity contribution in [3.63, 3.8) is 0 Å². The van der Waals surface area contributed by atoms with Gasteiger partial charge in [0.25, 0.3) is 15.9 Å². The number of sulfonamides is 1. The predicted octanol–water partition coefficient (Wildman–Crippen LogP) is 3.71. The molecular weight excluding hydrogens is 355 g/mol. The molecule has 5 nitrogen and oxygen atoms in total. The standard InChI is InChI=1S/C19H23FN2O3S/c1-12(2)14(4)21-19(23)16-11-15(10-9-13(16)3)26(24,25)22-18-8-6-5-7-17(18)20/h5-12,14,22H,1-4H3,(H,21,23). The summed E-state index contributed by atoms with van der Waals surface area (Å²) in [7, 11) is -4.02. The fourth-order valence-corrected chi connectivity index (χ4v) is 3.30. The van der Waals surface area contributed by atoms with Gasteiger partial charge in [-0.3, -0.25) is 9.52 Å². The van der Waals surface area contributed by atoms with E-state index in [2.05, 4.69) is 10.0 Å². The number of aryl methyl sites for hydroxylation is 1. The summed E-state index contributed by atoms with van der Waals surface area (Å²) in [6.45, 7) is 7.59. The molecule has 0 bridgehead atoms. The maximum atomic E-state index is 13.7. The summed E-state index contributed by atoms with van der Waals surface area (Å²) >= 11 is 0. The molecule has 0 heterocycles. The van der Waals surface area contributed by atoms with Crippen LogP contribution in [0.15, 0.2) is 47.4 Å². The summed E-state index contributed by atoms with van der Waals surface area (Å²) in [6, 6.07) is 9.70. The quantitative estimate of drug-likeness (QED) is 0.805. The fourth-order valence-electron chi connectivity index (χ4n) is 2.21. The fraction of sp³-hybridized carbons (Fsp3) is 0.316. The summed E-state index contributed by atoms with van der Waals surface area (Å²) in [5.74, 6) is -0.771. The molecule has 0 aromatic heterocycles. The number of hydrogen-bond donors (Lipinski definition) is 2. The van der Waals surface area contributed by atoms with E-state index in [1.807, 2.05) is 20.8 Å². The Morgan fingerprint density at radius 1 is 1.08 bits per heavy atom. The van der Waals surface area contributed by atoms with E-state index in [4.69, 9.17) is 0 Å². The summed E-state index contributed by atoms with van der Waals surface area (Å²) in [4.78, 5) is 12.4. The Morgan fingerprint density at radius 2 is 1.73 bits per heavy atom. The van der Waals surface area contributed by atoms with Crippen molar-refractivity contribution in [2.24, 2.45) is 5.92 Å². The molecule has 0 aliphatic rings. The van der Waals surface area contributed by atoms with Crippen molar-refractivity contribution in [3.8, 4) is 0 Å². The molecule has 7 heteroatoms. The molecule has 2 rings (SSSR count). The zero-order chi connectivity index (χ0) is 19.5. The van der Waals surface area contributed by atoms with Crippen LogP contribution >= 0.6 is 0 Å². The van der Waals surface area contributed by atoms with Crippen molar-refractivity contribution >= 4 is 21.6 Å². The van der Waals surface area contributed by atoms with Gasteiger partial charge in [-0.25, -0.2) is 12.8 Å². The Bertz CT molecular complexity index is 911. The van der Waals surface area contributed by atoms with Crippen LogP contribution in [0.2, 0.25) is 0 Å². The monoisotopic (exact) mass is 378 g/mol. The SMILES string of the molecule is Cc1ccc(S(=O)(=O)Nc2ccccc2F)cc1C(=O)NC(C)C(C)C. The smallest absolute Gasteiger partial charge is 0.262 e. The van der Waals surface area contributed by atoms with E-state index in [1.165, 1.54) is 36.4 Å². The number of para-hydroxylation sites is 1. The van der Waals surface area contributed by atoms with Gasteiger partial charge in [0.2, 0.25) is 0 Å². The number of rotatable bonds is 6. The number of amides is 1. The molecule has 140 valence electrons. The van der Waals surface area contributed by atoms with E-state index in [1.54, 1.807) is 13.0 Å². The molecule has 0 spiro atoms. The average Bonchev–Trinajstić information content (AvgIpc) is 2.56. The Balaban J connectivity index is 2.33. The number of carbonyl (C=O) groups excluding carboxylic acids is 1. The van der Waals surface area contributed by atoms with E-state index < -0.39 is 15.8 Å². The number of halogens is 1. The Morgan fingerprint density at radius 3 is 2.35 bits per heavy atom. The Hall–Kier alpha value is -2.41. The van der Waals surface area contributed by atoms with Crippen LogP contribution < -0.4 is 10.0 Å². The average molecular weight is 378 g/mol. The first-order valence-electron chi connectivity index (χ1n) is 8.30. The molecule has 1 unspecified atom stereocenters. The van der Waals surface area contributed by atoms with Crippen LogP contribution in [0, 0.1) is 18.7 Å². The van der Waals surface area contributed by atoms with Crippen LogP contribution in [-0.2, 0) is 10.0 Å². The Labute approximate surface area is 153 Å². The van der Waals surface area contributed by atoms with E-state index in [-0.39, 0.29) is 34.0 Å². The van der Waals surface area contributed by atoms with E-state index in [0.717, 1.165) is 0 Å². The van der Waals surface area contributed by atoms with Crippen LogP contribution in [0.5, 0.6) is 0 Å². The zero-order valence-corrected chi connectivity index (χ0v) is 16.0. The molecule has 2 N–H and O–H groups in total. The van der Waals surface area contributed by atoms with Gasteiger partial charge in [-0.05, 0) is 49.6 Å². The number of benzene rings is 2. The maximum absolute atomic E-state index is 13.7. The minimum atomic E-state index is -4.02. The Kier molecular flexibility index (Phi) is 6.02. The van der Waals surface area contributed by atoms with Gasteiger partial charge in [0.1, 0.15) is 5.82 Å². The third kappa shape index (κ3) is 4.60. The van der Waals surface area contributed by atoms with E-state index in [9.17, 15) is 17.6 Å². The molecule has 0 saturated carbocycles. The normalized spacial score (nSPS) is 12.7. The van der Waals surface area contributed by atoms with Crippen molar-refractivity contribution in [2.45, 2.75) is 38.6 Å². The lowest BCUT2D eigenvalue weighted by Gasteiger charge is -2.18. The highest BCUT2D eigenvalue weighted by atomic mass is 32.2. The molecule has 0 aliphatic heterocycles. The molecule has 0 saturated heterocycles. The van der Waals surface area contributed by atoms with Crippen molar-refractivity contribution in [2.75, 3.05) is 4.72 Å². The first kappa shape index (κ1) is 19.9. The number of carbonyl (C=O) groups is 1. The highest BCUT2D eigenvalue weighted by Gasteiger charge is 2.20.